The van der Waals surface area contributed by atoms with Crippen LogP contribution < -0.4 is 15.4 Å². The lowest BCUT2D eigenvalue weighted by molar-refractivity contribution is -0.120. The van der Waals surface area contributed by atoms with Gasteiger partial charge in [-0.2, -0.15) is 0 Å². The summed E-state index contributed by atoms with van der Waals surface area (Å²) in [5.74, 6) is 0.915. The Balaban J connectivity index is 2.00. The van der Waals surface area contributed by atoms with Gasteiger partial charge in [0.25, 0.3) is 0 Å². The molecule has 2 aliphatic rings. The maximum Gasteiger partial charge on any atom is 0.229 e. The molecule has 0 radical (unpaired) electrons. The van der Waals surface area contributed by atoms with Crippen LogP contribution in [-0.2, 0) is 4.79 Å². The fraction of sp³-hybridized carbons (Fsp3) is 0.500. The van der Waals surface area contributed by atoms with Crippen LogP contribution in [0.4, 0.5) is 11.4 Å². The van der Waals surface area contributed by atoms with Gasteiger partial charge in [0.1, 0.15) is 11.4 Å². The van der Waals surface area contributed by atoms with Gasteiger partial charge in [-0.05, 0) is 25.0 Å². The fourth-order valence-corrected chi connectivity index (χ4v) is 2.98. The molecule has 4 nitrogen and oxygen atoms in total. The zero-order valence-electron chi connectivity index (χ0n) is 10.5. The van der Waals surface area contributed by atoms with Crippen molar-refractivity contribution >= 4 is 17.3 Å². The van der Waals surface area contributed by atoms with Gasteiger partial charge in [-0.25, -0.2) is 0 Å². The standard InChI is InChI=1S/C14H18N2O2/c1-18-12-8-4-7-11-13(12)16-14(17)9-5-2-3-6-10(9)15-11/h4,7-10,15H,2-3,5-6H2,1H3,(H,16,17). The molecule has 4 heteroatoms. The van der Waals surface area contributed by atoms with E-state index in [0.29, 0.717) is 5.75 Å². The quantitative estimate of drug-likeness (QED) is 0.801. The number of ether oxygens (including phenoxy) is 1. The van der Waals surface area contributed by atoms with Crippen LogP contribution in [0.2, 0.25) is 0 Å². The van der Waals surface area contributed by atoms with Crippen molar-refractivity contribution < 1.29 is 9.53 Å². The number of hydrogen-bond acceptors (Lipinski definition) is 3. The van der Waals surface area contributed by atoms with Crippen LogP contribution in [0.3, 0.4) is 0 Å². The van der Waals surface area contributed by atoms with Crippen LogP contribution in [0.15, 0.2) is 18.2 Å². The van der Waals surface area contributed by atoms with E-state index < -0.39 is 0 Å². The third kappa shape index (κ3) is 1.82. The van der Waals surface area contributed by atoms with Crippen LogP contribution in [0.5, 0.6) is 5.75 Å². The molecule has 1 aromatic carbocycles. The Kier molecular flexibility index (Phi) is 2.86. The highest BCUT2D eigenvalue weighted by atomic mass is 16.5. The van der Waals surface area contributed by atoms with Crippen molar-refractivity contribution in [3.8, 4) is 5.75 Å². The van der Waals surface area contributed by atoms with E-state index in [-0.39, 0.29) is 17.9 Å². The van der Waals surface area contributed by atoms with Crippen molar-refractivity contribution in [2.45, 2.75) is 31.7 Å². The number of amides is 1. The van der Waals surface area contributed by atoms with Crippen molar-refractivity contribution in [1.82, 2.24) is 0 Å². The van der Waals surface area contributed by atoms with Gasteiger partial charge >= 0.3 is 0 Å². The van der Waals surface area contributed by atoms with E-state index in [9.17, 15) is 4.79 Å². The van der Waals surface area contributed by atoms with E-state index in [1.165, 1.54) is 6.42 Å². The zero-order valence-corrected chi connectivity index (χ0v) is 10.5. The molecule has 2 atom stereocenters. The summed E-state index contributed by atoms with van der Waals surface area (Å²) in [6, 6.07) is 6.07. The van der Waals surface area contributed by atoms with Gasteiger partial charge in [-0.1, -0.05) is 18.9 Å². The van der Waals surface area contributed by atoms with Gasteiger partial charge in [-0.15, -0.1) is 0 Å². The van der Waals surface area contributed by atoms with Crippen LogP contribution in [0.1, 0.15) is 25.7 Å². The Bertz CT molecular complexity index is 473. The predicted octanol–water partition coefficient (Wildman–Crippen LogP) is 2.62. The molecule has 1 fully saturated rings. The molecule has 0 saturated heterocycles. The van der Waals surface area contributed by atoms with Gasteiger partial charge in [0.15, 0.2) is 0 Å². The summed E-state index contributed by atoms with van der Waals surface area (Å²) in [6.07, 6.45) is 4.37. The molecule has 0 aromatic heterocycles. The zero-order chi connectivity index (χ0) is 12.5. The van der Waals surface area contributed by atoms with Gasteiger partial charge < -0.3 is 15.4 Å². The molecule has 0 spiro atoms. The summed E-state index contributed by atoms with van der Waals surface area (Å²) in [6.45, 7) is 0. The Labute approximate surface area is 107 Å². The predicted molar refractivity (Wildman–Crippen MR) is 71.0 cm³/mol. The minimum Gasteiger partial charge on any atom is -0.494 e. The van der Waals surface area contributed by atoms with Gasteiger partial charge in [0.05, 0.1) is 18.7 Å². The molecule has 18 heavy (non-hydrogen) atoms. The van der Waals surface area contributed by atoms with Crippen molar-refractivity contribution in [2.24, 2.45) is 5.92 Å². The van der Waals surface area contributed by atoms with Gasteiger partial charge in [0, 0.05) is 6.04 Å². The average Bonchev–Trinajstić information content (AvgIpc) is 2.54. The van der Waals surface area contributed by atoms with E-state index >= 15 is 0 Å². The summed E-state index contributed by atoms with van der Waals surface area (Å²) in [5, 5.41) is 6.52. The monoisotopic (exact) mass is 246 g/mol. The highest BCUT2D eigenvalue weighted by Crippen LogP contribution is 2.39. The molecule has 2 N–H and O–H groups in total. The minimum absolute atomic E-state index is 0.0795. The second-order valence-electron chi connectivity index (χ2n) is 5.01. The Morgan fingerprint density at radius 2 is 2.11 bits per heavy atom. The van der Waals surface area contributed by atoms with E-state index in [0.717, 1.165) is 30.6 Å². The molecule has 96 valence electrons. The van der Waals surface area contributed by atoms with Crippen molar-refractivity contribution in [2.75, 3.05) is 17.7 Å². The third-order valence-corrected chi connectivity index (χ3v) is 3.94. The highest BCUT2D eigenvalue weighted by molar-refractivity contribution is 6.00. The summed E-state index contributed by atoms with van der Waals surface area (Å²) >= 11 is 0. The van der Waals surface area contributed by atoms with E-state index in [1.807, 2.05) is 18.2 Å². The fourth-order valence-electron chi connectivity index (χ4n) is 2.98. The normalized spacial score (nSPS) is 26.2. The van der Waals surface area contributed by atoms with Gasteiger partial charge in [0.2, 0.25) is 5.91 Å². The Hall–Kier alpha value is -1.71. The van der Waals surface area contributed by atoms with Crippen molar-refractivity contribution in [3.05, 3.63) is 18.2 Å². The van der Waals surface area contributed by atoms with Crippen molar-refractivity contribution in [3.63, 3.8) is 0 Å². The molecule has 2 unspecified atom stereocenters. The van der Waals surface area contributed by atoms with Gasteiger partial charge in [-0.3, -0.25) is 4.79 Å². The molecule has 1 saturated carbocycles. The largest absolute Gasteiger partial charge is 0.494 e. The second kappa shape index (κ2) is 4.52. The molecular formula is C14H18N2O2. The first-order chi connectivity index (χ1) is 8.79. The summed E-state index contributed by atoms with van der Waals surface area (Å²) in [4.78, 5) is 12.3. The lowest BCUT2D eigenvalue weighted by atomic mass is 9.84. The lowest BCUT2D eigenvalue weighted by Crippen LogP contribution is -2.37. The SMILES string of the molecule is COc1cccc2c1NC(=O)C1CCCCC1N2. The lowest BCUT2D eigenvalue weighted by Gasteiger charge is -2.29. The molecule has 0 bridgehead atoms. The number of carbonyl (C=O) groups is 1. The Morgan fingerprint density at radius 3 is 2.94 bits per heavy atom. The number of carbonyl (C=O) groups excluding carboxylic acids is 1. The number of fused-ring (bicyclic) bond motifs is 2. The number of para-hydroxylation sites is 1. The number of hydrogen-bond donors (Lipinski definition) is 2. The summed E-state index contributed by atoms with van der Waals surface area (Å²) < 4.78 is 5.32. The highest BCUT2D eigenvalue weighted by Gasteiger charge is 2.34. The molecule has 1 aliphatic carbocycles. The number of benzene rings is 1. The first kappa shape index (κ1) is 11.4. The molecule has 1 heterocycles. The van der Waals surface area contributed by atoms with Crippen LogP contribution in [0.25, 0.3) is 0 Å². The average molecular weight is 246 g/mol. The smallest absolute Gasteiger partial charge is 0.229 e. The second-order valence-corrected chi connectivity index (χ2v) is 5.01. The first-order valence-electron chi connectivity index (χ1n) is 6.54. The number of anilines is 2. The molecule has 1 aliphatic heterocycles. The first-order valence-corrected chi connectivity index (χ1v) is 6.54. The van der Waals surface area contributed by atoms with E-state index in [1.54, 1.807) is 7.11 Å². The molecule has 1 amide bonds. The van der Waals surface area contributed by atoms with E-state index in [4.69, 9.17) is 4.74 Å². The van der Waals surface area contributed by atoms with Crippen LogP contribution in [-0.4, -0.2) is 19.1 Å². The number of nitrogens with one attached hydrogen (secondary N) is 2. The molecule has 1 aromatic rings. The Morgan fingerprint density at radius 1 is 1.28 bits per heavy atom. The van der Waals surface area contributed by atoms with Crippen molar-refractivity contribution in [1.29, 1.82) is 0 Å². The van der Waals surface area contributed by atoms with Crippen LogP contribution >= 0.6 is 0 Å². The maximum atomic E-state index is 12.3. The van der Waals surface area contributed by atoms with Crippen LogP contribution in [0, 0.1) is 5.92 Å². The van der Waals surface area contributed by atoms with E-state index in [2.05, 4.69) is 10.6 Å². The summed E-state index contributed by atoms with van der Waals surface area (Å²) in [5.41, 5.74) is 1.75. The third-order valence-electron chi connectivity index (χ3n) is 3.94. The minimum atomic E-state index is 0.0795. The number of rotatable bonds is 1. The molecule has 3 rings (SSSR count). The maximum absolute atomic E-state index is 12.3. The topological polar surface area (TPSA) is 50.4 Å². The molecular weight excluding hydrogens is 228 g/mol. The summed E-state index contributed by atoms with van der Waals surface area (Å²) in [7, 11) is 1.62. The number of methoxy groups -OCH3 is 1.